The molecule has 0 aliphatic carbocycles. The van der Waals surface area contributed by atoms with Crippen molar-refractivity contribution in [3.05, 3.63) is 57.9 Å². The van der Waals surface area contributed by atoms with Crippen molar-refractivity contribution < 1.29 is 19.0 Å². The smallest absolute Gasteiger partial charge is 0.235 e. The zero-order chi connectivity index (χ0) is 21.3. The summed E-state index contributed by atoms with van der Waals surface area (Å²) in [7, 11) is 1.55. The van der Waals surface area contributed by atoms with Gasteiger partial charge in [0, 0.05) is 12.6 Å². The van der Waals surface area contributed by atoms with Crippen LogP contribution in [0.25, 0.3) is 11.0 Å². The van der Waals surface area contributed by atoms with E-state index in [1.54, 1.807) is 38.3 Å². The molecule has 0 bridgehead atoms. The summed E-state index contributed by atoms with van der Waals surface area (Å²) in [5.41, 5.74) is 0.792. The molecule has 0 radical (unpaired) electrons. The summed E-state index contributed by atoms with van der Waals surface area (Å²) in [5.74, 6) is 1.59. The topological polar surface area (TPSA) is 72.1 Å². The number of benzene rings is 2. The number of aryl methyl sites for hydroxylation is 1. The number of hydrogen-bond acceptors (Lipinski definition) is 6. The van der Waals surface area contributed by atoms with Gasteiger partial charge in [0.1, 0.15) is 17.1 Å². The van der Waals surface area contributed by atoms with E-state index in [-0.39, 0.29) is 16.9 Å². The van der Waals surface area contributed by atoms with Gasteiger partial charge in [-0.05, 0) is 57.5 Å². The van der Waals surface area contributed by atoms with E-state index >= 15 is 0 Å². The third-order valence-electron chi connectivity index (χ3n) is 5.84. The van der Waals surface area contributed by atoms with Crippen LogP contribution in [-0.4, -0.2) is 29.7 Å². The molecule has 1 aromatic heterocycles. The molecule has 6 nitrogen and oxygen atoms in total. The monoisotopic (exact) mass is 409 g/mol. The molecule has 1 N–H and O–H groups in total. The minimum Gasteiger partial charge on any atom is -0.507 e. The first-order valence-electron chi connectivity index (χ1n) is 10.3. The summed E-state index contributed by atoms with van der Waals surface area (Å²) in [6, 6.07) is 10.7. The van der Waals surface area contributed by atoms with E-state index in [2.05, 4.69) is 11.8 Å². The van der Waals surface area contributed by atoms with Gasteiger partial charge in [-0.3, -0.25) is 9.69 Å². The second-order valence-corrected chi connectivity index (χ2v) is 7.82. The number of nitrogens with zero attached hydrogens (tertiary/aromatic N) is 1. The molecule has 3 aromatic rings. The van der Waals surface area contributed by atoms with Crippen molar-refractivity contribution in [2.75, 3.05) is 13.7 Å². The number of phenols is 1. The summed E-state index contributed by atoms with van der Waals surface area (Å²) in [6.07, 6.45) is 3.48. The number of hydrogen-bond donors (Lipinski definition) is 1. The lowest BCUT2D eigenvalue weighted by Gasteiger charge is -2.33. The van der Waals surface area contributed by atoms with Crippen LogP contribution >= 0.6 is 0 Å². The lowest BCUT2D eigenvalue weighted by atomic mass is 10.0. The number of fused-ring (bicyclic) bond motifs is 1. The molecule has 2 aromatic carbocycles. The van der Waals surface area contributed by atoms with Crippen molar-refractivity contribution in [1.82, 2.24) is 4.90 Å². The molecule has 1 saturated heterocycles. The molecular weight excluding hydrogens is 382 g/mol. The molecule has 30 heavy (non-hydrogen) atoms. The molecule has 1 aliphatic rings. The molecular formula is C24H27NO5. The Morgan fingerprint density at radius 2 is 1.93 bits per heavy atom. The predicted molar refractivity (Wildman–Crippen MR) is 116 cm³/mol. The molecule has 1 fully saturated rings. The van der Waals surface area contributed by atoms with E-state index < -0.39 is 0 Å². The SMILES string of the molecule is COc1ccccc1Oc1c(C)oc2c(CN3CCCC[C@H]3C)c(O)ccc2c1=O. The van der Waals surface area contributed by atoms with Gasteiger partial charge in [0.25, 0.3) is 0 Å². The number of phenolic OH excluding ortho intramolecular Hbond substituents is 1. The third kappa shape index (κ3) is 3.75. The fraction of sp³-hybridized carbons (Fsp3) is 0.375. The Morgan fingerprint density at radius 3 is 2.67 bits per heavy atom. The fourth-order valence-electron chi connectivity index (χ4n) is 4.07. The summed E-state index contributed by atoms with van der Waals surface area (Å²) >= 11 is 0. The van der Waals surface area contributed by atoms with E-state index in [1.807, 2.05) is 12.1 Å². The van der Waals surface area contributed by atoms with Crippen LogP contribution in [-0.2, 0) is 6.54 Å². The van der Waals surface area contributed by atoms with Crippen LogP contribution in [0.5, 0.6) is 23.0 Å². The van der Waals surface area contributed by atoms with Gasteiger partial charge in [-0.2, -0.15) is 0 Å². The Hall–Kier alpha value is -2.99. The van der Waals surface area contributed by atoms with Crippen molar-refractivity contribution in [1.29, 1.82) is 0 Å². The highest BCUT2D eigenvalue weighted by Crippen LogP contribution is 2.35. The van der Waals surface area contributed by atoms with Crippen LogP contribution in [0.2, 0.25) is 0 Å². The zero-order valence-electron chi connectivity index (χ0n) is 17.6. The molecule has 1 aliphatic heterocycles. The quantitative estimate of drug-likeness (QED) is 0.641. The highest BCUT2D eigenvalue weighted by molar-refractivity contribution is 5.83. The molecule has 1 atom stereocenters. The molecule has 4 rings (SSSR count). The molecule has 0 saturated carbocycles. The number of ether oxygens (including phenoxy) is 2. The maximum absolute atomic E-state index is 13.3. The van der Waals surface area contributed by atoms with Crippen LogP contribution in [0.1, 0.15) is 37.5 Å². The van der Waals surface area contributed by atoms with E-state index in [0.717, 1.165) is 19.4 Å². The number of rotatable bonds is 5. The van der Waals surface area contributed by atoms with Gasteiger partial charge in [0.2, 0.25) is 11.2 Å². The molecule has 0 amide bonds. The largest absolute Gasteiger partial charge is 0.507 e. The summed E-state index contributed by atoms with van der Waals surface area (Å²) in [4.78, 5) is 15.6. The van der Waals surface area contributed by atoms with Crippen molar-refractivity contribution in [3.63, 3.8) is 0 Å². The van der Waals surface area contributed by atoms with E-state index in [4.69, 9.17) is 13.9 Å². The van der Waals surface area contributed by atoms with E-state index in [0.29, 0.717) is 46.4 Å². The van der Waals surface area contributed by atoms with Gasteiger partial charge in [0.05, 0.1) is 18.1 Å². The number of para-hydroxylation sites is 2. The lowest BCUT2D eigenvalue weighted by Crippen LogP contribution is -2.36. The van der Waals surface area contributed by atoms with Crippen molar-refractivity contribution >= 4 is 11.0 Å². The van der Waals surface area contributed by atoms with Crippen LogP contribution in [0.15, 0.2) is 45.6 Å². The van der Waals surface area contributed by atoms with E-state index in [1.165, 1.54) is 6.42 Å². The molecule has 2 heterocycles. The minimum absolute atomic E-state index is 0.120. The van der Waals surface area contributed by atoms with Crippen LogP contribution in [0.4, 0.5) is 0 Å². The normalized spacial score (nSPS) is 17.2. The second kappa shape index (κ2) is 8.40. The minimum atomic E-state index is -0.271. The Morgan fingerprint density at radius 1 is 1.17 bits per heavy atom. The summed E-state index contributed by atoms with van der Waals surface area (Å²) in [6.45, 7) is 5.40. The molecule has 6 heteroatoms. The number of aromatic hydroxyl groups is 1. The maximum atomic E-state index is 13.3. The molecule has 0 unspecified atom stereocenters. The van der Waals surface area contributed by atoms with E-state index in [9.17, 15) is 9.90 Å². The van der Waals surface area contributed by atoms with Crippen LogP contribution in [0.3, 0.4) is 0 Å². The Labute approximate surface area is 175 Å². The average Bonchev–Trinajstić information content (AvgIpc) is 2.75. The van der Waals surface area contributed by atoms with Gasteiger partial charge >= 0.3 is 0 Å². The summed E-state index contributed by atoms with van der Waals surface area (Å²) in [5, 5.41) is 10.9. The zero-order valence-corrected chi connectivity index (χ0v) is 17.6. The lowest BCUT2D eigenvalue weighted by molar-refractivity contribution is 0.151. The van der Waals surface area contributed by atoms with Crippen LogP contribution in [0, 0.1) is 6.92 Å². The Bertz CT molecular complexity index is 1120. The third-order valence-corrected chi connectivity index (χ3v) is 5.84. The Kier molecular flexibility index (Phi) is 5.68. The highest BCUT2D eigenvalue weighted by atomic mass is 16.5. The molecule has 0 spiro atoms. The number of methoxy groups -OCH3 is 1. The number of likely N-dealkylation sites (tertiary alicyclic amines) is 1. The highest BCUT2D eigenvalue weighted by Gasteiger charge is 2.24. The van der Waals surface area contributed by atoms with Crippen molar-refractivity contribution in [2.24, 2.45) is 0 Å². The van der Waals surface area contributed by atoms with Gasteiger partial charge in [-0.15, -0.1) is 0 Å². The van der Waals surface area contributed by atoms with Crippen molar-refractivity contribution in [3.8, 4) is 23.0 Å². The summed E-state index contributed by atoms with van der Waals surface area (Å²) < 4.78 is 17.3. The first kappa shape index (κ1) is 20.3. The van der Waals surface area contributed by atoms with Gasteiger partial charge in [-0.1, -0.05) is 18.6 Å². The van der Waals surface area contributed by atoms with Gasteiger partial charge < -0.3 is 19.0 Å². The Balaban J connectivity index is 1.78. The first-order chi connectivity index (χ1) is 14.5. The maximum Gasteiger partial charge on any atom is 0.235 e. The van der Waals surface area contributed by atoms with Gasteiger partial charge in [-0.25, -0.2) is 0 Å². The predicted octanol–water partition coefficient (Wildman–Crippen LogP) is 4.98. The average molecular weight is 409 g/mol. The first-order valence-corrected chi connectivity index (χ1v) is 10.3. The van der Waals surface area contributed by atoms with Crippen LogP contribution < -0.4 is 14.9 Å². The van der Waals surface area contributed by atoms with Crippen molar-refractivity contribution in [2.45, 2.75) is 45.7 Å². The molecule has 158 valence electrons. The standard InChI is InChI=1S/C24H27NO5/c1-15-8-6-7-13-25(15)14-18-19(26)12-11-17-22(27)23(16(2)29-24(17)18)30-21-10-5-4-9-20(21)28-3/h4-5,9-12,15,26H,6-8,13-14H2,1-3H3/t15-/m1/s1. The second-order valence-electron chi connectivity index (χ2n) is 7.82. The van der Waals surface area contributed by atoms with Gasteiger partial charge in [0.15, 0.2) is 11.5 Å². The fourth-order valence-corrected chi connectivity index (χ4v) is 4.07. The number of piperidine rings is 1.